The van der Waals surface area contributed by atoms with Crippen LogP contribution in [0.5, 0.6) is 0 Å². The number of halogens is 1. The first kappa shape index (κ1) is 14.6. The highest BCUT2D eigenvalue weighted by Crippen LogP contribution is 2.26. The van der Waals surface area contributed by atoms with Gasteiger partial charge in [-0.3, -0.25) is 0 Å². The van der Waals surface area contributed by atoms with Gasteiger partial charge >= 0.3 is 0 Å². The van der Waals surface area contributed by atoms with Crippen LogP contribution in [0.25, 0.3) is 11.4 Å². The predicted octanol–water partition coefficient (Wildman–Crippen LogP) is 4.33. The minimum atomic E-state index is 0.681. The van der Waals surface area contributed by atoms with E-state index in [0.717, 1.165) is 48.2 Å². The van der Waals surface area contributed by atoms with E-state index in [1.807, 2.05) is 18.3 Å². The van der Waals surface area contributed by atoms with Crippen molar-refractivity contribution in [2.75, 3.05) is 13.2 Å². The molecule has 0 amide bonds. The van der Waals surface area contributed by atoms with Gasteiger partial charge in [-0.15, -0.1) is 0 Å². The quantitative estimate of drug-likeness (QED) is 0.840. The minimum Gasteiger partial charge on any atom is -0.381 e. The van der Waals surface area contributed by atoms with E-state index >= 15 is 0 Å². The van der Waals surface area contributed by atoms with Crippen LogP contribution >= 0.6 is 11.6 Å². The van der Waals surface area contributed by atoms with Crippen molar-refractivity contribution in [3.05, 3.63) is 41.2 Å². The maximum absolute atomic E-state index is 6.04. The van der Waals surface area contributed by atoms with Crippen molar-refractivity contribution in [1.29, 1.82) is 0 Å². The van der Waals surface area contributed by atoms with Crippen molar-refractivity contribution >= 4 is 11.6 Å². The Morgan fingerprint density at radius 2 is 2.33 bits per heavy atom. The summed E-state index contributed by atoms with van der Waals surface area (Å²) in [5, 5.41) is 0.772. The average molecular weight is 305 g/mol. The zero-order valence-electron chi connectivity index (χ0n) is 12.4. The summed E-state index contributed by atoms with van der Waals surface area (Å²) in [5.41, 5.74) is 2.32. The zero-order chi connectivity index (χ0) is 14.7. The second-order valence-electron chi connectivity index (χ2n) is 5.78. The van der Waals surface area contributed by atoms with Crippen LogP contribution in [-0.2, 0) is 11.3 Å². The Bertz CT molecular complexity index is 603. The molecule has 0 aliphatic carbocycles. The van der Waals surface area contributed by atoms with E-state index < -0.39 is 0 Å². The lowest BCUT2D eigenvalue weighted by Crippen LogP contribution is -2.19. The maximum atomic E-state index is 6.04. The molecule has 4 heteroatoms. The number of ether oxygens (including phenoxy) is 1. The summed E-state index contributed by atoms with van der Waals surface area (Å²) in [4.78, 5) is 4.53. The number of benzene rings is 1. The molecule has 0 spiro atoms. The highest BCUT2D eigenvalue weighted by Gasteiger charge is 2.15. The topological polar surface area (TPSA) is 27.1 Å². The minimum absolute atomic E-state index is 0.681. The Hall–Kier alpha value is -1.32. The van der Waals surface area contributed by atoms with Gasteiger partial charge in [0.15, 0.2) is 0 Å². The van der Waals surface area contributed by atoms with Crippen LogP contribution in [-0.4, -0.2) is 22.8 Å². The van der Waals surface area contributed by atoms with Crippen molar-refractivity contribution in [3.8, 4) is 11.4 Å². The number of nitrogens with zero attached hydrogens (tertiary/aromatic N) is 2. The molecule has 2 aromatic rings. The molecule has 0 N–H and O–H groups in total. The van der Waals surface area contributed by atoms with Crippen LogP contribution in [0.4, 0.5) is 0 Å². The number of hydrogen-bond donors (Lipinski definition) is 0. The molecule has 3 rings (SSSR count). The van der Waals surface area contributed by atoms with Crippen LogP contribution in [0.15, 0.2) is 30.6 Å². The van der Waals surface area contributed by atoms with Crippen LogP contribution < -0.4 is 0 Å². The first-order valence-electron chi connectivity index (χ1n) is 7.59. The molecule has 0 radical (unpaired) electrons. The number of rotatable bonds is 4. The standard InChI is InChI=1S/C17H21ClN2O/c1-13-11-15(18)4-5-16(13)17-19-7-9-20(17)8-6-14-3-2-10-21-12-14/h4-5,7,9,11,14H,2-3,6,8,10,12H2,1H3. The summed E-state index contributed by atoms with van der Waals surface area (Å²) in [7, 11) is 0. The number of aryl methyl sites for hydroxylation is 2. The number of hydrogen-bond acceptors (Lipinski definition) is 2. The van der Waals surface area contributed by atoms with E-state index in [1.54, 1.807) is 0 Å². The highest BCUT2D eigenvalue weighted by molar-refractivity contribution is 6.30. The van der Waals surface area contributed by atoms with E-state index in [0.29, 0.717) is 5.92 Å². The molecular weight excluding hydrogens is 284 g/mol. The normalized spacial score (nSPS) is 18.9. The molecule has 0 bridgehead atoms. The van der Waals surface area contributed by atoms with E-state index in [4.69, 9.17) is 16.3 Å². The van der Waals surface area contributed by atoms with Crippen molar-refractivity contribution in [1.82, 2.24) is 9.55 Å². The molecule has 21 heavy (non-hydrogen) atoms. The molecule has 2 heterocycles. The Morgan fingerprint density at radius 3 is 3.10 bits per heavy atom. The Labute approximate surface area is 130 Å². The van der Waals surface area contributed by atoms with Crippen LogP contribution in [0.2, 0.25) is 5.02 Å². The van der Waals surface area contributed by atoms with Gasteiger partial charge in [0.2, 0.25) is 0 Å². The summed E-state index contributed by atoms with van der Waals surface area (Å²) < 4.78 is 7.80. The fraction of sp³-hybridized carbons (Fsp3) is 0.471. The molecule has 3 nitrogen and oxygen atoms in total. The second kappa shape index (κ2) is 6.63. The Balaban J connectivity index is 1.74. The molecule has 1 aromatic heterocycles. The Morgan fingerprint density at radius 1 is 1.43 bits per heavy atom. The summed E-state index contributed by atoms with van der Waals surface area (Å²) in [6, 6.07) is 5.98. The summed E-state index contributed by atoms with van der Waals surface area (Å²) in [6.07, 6.45) is 7.56. The molecule has 1 aliphatic rings. The summed E-state index contributed by atoms with van der Waals surface area (Å²) in [6.45, 7) is 4.90. The summed E-state index contributed by atoms with van der Waals surface area (Å²) in [5.74, 6) is 1.71. The fourth-order valence-electron chi connectivity index (χ4n) is 2.97. The molecular formula is C17H21ClN2O. The lowest BCUT2D eigenvalue weighted by Gasteiger charge is -2.22. The SMILES string of the molecule is Cc1cc(Cl)ccc1-c1nccn1CCC1CCCOC1. The highest BCUT2D eigenvalue weighted by atomic mass is 35.5. The Kier molecular flexibility index (Phi) is 4.61. The van der Waals surface area contributed by atoms with Crippen molar-refractivity contribution in [2.24, 2.45) is 5.92 Å². The second-order valence-corrected chi connectivity index (χ2v) is 6.21. The van der Waals surface area contributed by atoms with Gasteiger partial charge in [0.25, 0.3) is 0 Å². The number of aromatic nitrogens is 2. The maximum Gasteiger partial charge on any atom is 0.140 e. The molecule has 1 aromatic carbocycles. The van der Waals surface area contributed by atoms with Gasteiger partial charge in [-0.2, -0.15) is 0 Å². The third kappa shape index (κ3) is 3.47. The van der Waals surface area contributed by atoms with E-state index in [1.165, 1.54) is 12.8 Å². The molecule has 1 fully saturated rings. The van der Waals surface area contributed by atoms with Gasteiger partial charge < -0.3 is 9.30 Å². The van der Waals surface area contributed by atoms with Crippen molar-refractivity contribution < 1.29 is 4.74 Å². The zero-order valence-corrected chi connectivity index (χ0v) is 13.1. The first-order valence-corrected chi connectivity index (χ1v) is 7.97. The third-order valence-corrected chi connectivity index (χ3v) is 4.41. The molecule has 1 aliphatic heterocycles. The monoisotopic (exact) mass is 304 g/mol. The summed E-state index contributed by atoms with van der Waals surface area (Å²) >= 11 is 6.04. The van der Waals surface area contributed by atoms with E-state index in [9.17, 15) is 0 Å². The van der Waals surface area contributed by atoms with Gasteiger partial charge in [0, 0.05) is 42.7 Å². The lowest BCUT2D eigenvalue weighted by molar-refractivity contribution is 0.0501. The smallest absolute Gasteiger partial charge is 0.140 e. The van der Waals surface area contributed by atoms with Crippen molar-refractivity contribution in [2.45, 2.75) is 32.7 Å². The third-order valence-electron chi connectivity index (χ3n) is 4.18. The molecule has 112 valence electrons. The molecule has 0 saturated carbocycles. The largest absolute Gasteiger partial charge is 0.381 e. The van der Waals surface area contributed by atoms with Crippen LogP contribution in [0, 0.1) is 12.8 Å². The van der Waals surface area contributed by atoms with Crippen LogP contribution in [0.3, 0.4) is 0 Å². The fourth-order valence-corrected chi connectivity index (χ4v) is 3.20. The van der Waals surface area contributed by atoms with Gasteiger partial charge in [-0.05, 0) is 55.9 Å². The average Bonchev–Trinajstić information content (AvgIpc) is 2.94. The predicted molar refractivity (Wildman–Crippen MR) is 85.6 cm³/mol. The molecule has 1 atom stereocenters. The van der Waals surface area contributed by atoms with E-state index in [2.05, 4.69) is 28.7 Å². The van der Waals surface area contributed by atoms with Gasteiger partial charge in [-0.1, -0.05) is 11.6 Å². The first-order chi connectivity index (χ1) is 10.2. The molecule has 1 saturated heterocycles. The number of imidazole rings is 1. The molecule has 1 unspecified atom stereocenters. The van der Waals surface area contributed by atoms with Crippen LogP contribution in [0.1, 0.15) is 24.8 Å². The van der Waals surface area contributed by atoms with E-state index in [-0.39, 0.29) is 0 Å². The van der Waals surface area contributed by atoms with Crippen molar-refractivity contribution in [3.63, 3.8) is 0 Å². The lowest BCUT2D eigenvalue weighted by atomic mass is 9.98. The van der Waals surface area contributed by atoms with Gasteiger partial charge in [0.05, 0.1) is 0 Å². The van der Waals surface area contributed by atoms with Gasteiger partial charge in [-0.25, -0.2) is 4.98 Å². The van der Waals surface area contributed by atoms with Gasteiger partial charge in [0.1, 0.15) is 5.82 Å².